The first-order valence-electron chi connectivity index (χ1n) is 13.2. The molecule has 1 heterocycles. The first-order chi connectivity index (χ1) is 18.1. The molecule has 0 aliphatic carbocycles. The van der Waals surface area contributed by atoms with Crippen molar-refractivity contribution in [1.82, 2.24) is 14.9 Å². The quantitative estimate of drug-likeness (QED) is 0.217. The fourth-order valence-electron chi connectivity index (χ4n) is 4.42. The first-order valence-corrected chi connectivity index (χ1v) is 13.2. The number of carbonyl (C=O) groups is 1. The van der Waals surface area contributed by atoms with Crippen molar-refractivity contribution in [2.45, 2.75) is 52.0 Å². The molecule has 0 bridgehead atoms. The molecule has 0 radical (unpaired) electrons. The predicted octanol–water partition coefficient (Wildman–Crippen LogP) is 6.39. The summed E-state index contributed by atoms with van der Waals surface area (Å²) < 4.78 is 13.5. The number of aryl methyl sites for hydroxylation is 2. The van der Waals surface area contributed by atoms with E-state index < -0.39 is 0 Å². The Morgan fingerprint density at radius 2 is 1.81 bits per heavy atom. The van der Waals surface area contributed by atoms with E-state index in [9.17, 15) is 4.79 Å². The summed E-state index contributed by atoms with van der Waals surface area (Å²) in [6.45, 7) is 6.51. The lowest BCUT2D eigenvalue weighted by molar-refractivity contribution is 0.0952. The second-order valence-electron chi connectivity index (χ2n) is 9.34. The maximum atomic E-state index is 12.5. The van der Waals surface area contributed by atoms with E-state index in [-0.39, 0.29) is 5.91 Å². The van der Waals surface area contributed by atoms with E-state index in [4.69, 9.17) is 14.5 Å². The van der Waals surface area contributed by atoms with Gasteiger partial charge in [0.2, 0.25) is 0 Å². The number of aromatic nitrogens is 2. The van der Waals surface area contributed by atoms with Crippen LogP contribution in [0.3, 0.4) is 0 Å². The third-order valence-electron chi connectivity index (χ3n) is 6.78. The van der Waals surface area contributed by atoms with Gasteiger partial charge >= 0.3 is 0 Å². The van der Waals surface area contributed by atoms with Crippen molar-refractivity contribution in [3.8, 4) is 11.5 Å². The monoisotopic (exact) mass is 499 g/mol. The average Bonchev–Trinajstić information content (AvgIpc) is 3.30. The van der Waals surface area contributed by atoms with Gasteiger partial charge in [-0.2, -0.15) is 0 Å². The lowest BCUT2D eigenvalue weighted by Gasteiger charge is -2.12. The largest absolute Gasteiger partial charge is 0.497 e. The summed E-state index contributed by atoms with van der Waals surface area (Å²) in [6, 6.07) is 23.9. The Bertz CT molecular complexity index is 1300. The minimum atomic E-state index is -0.0956. The molecule has 0 saturated carbocycles. The lowest BCUT2D eigenvalue weighted by atomic mass is 9.99. The maximum absolute atomic E-state index is 12.5. The standard InChI is InChI=1S/C31H37N3O3/c1-4-23(2)24-15-17-26(18-16-24)37-21-9-20-34-29-13-6-5-12-28(29)33-30(34)14-8-19-32-31(35)25-10-7-11-27(22-25)36-3/h5-7,10-13,15-18,22-23H,4,8-9,14,19-21H2,1-3H3,(H,32,35). The topological polar surface area (TPSA) is 65.4 Å². The SMILES string of the molecule is CCC(C)c1ccc(OCCCn2c(CCCNC(=O)c3cccc(OC)c3)nc3ccccc32)cc1. The highest BCUT2D eigenvalue weighted by Crippen LogP contribution is 2.22. The van der Waals surface area contributed by atoms with E-state index in [1.807, 2.05) is 24.3 Å². The number of nitrogens with one attached hydrogen (secondary N) is 1. The Kier molecular flexibility index (Phi) is 9.19. The number of imidazole rings is 1. The number of benzene rings is 3. The van der Waals surface area contributed by atoms with Gasteiger partial charge in [0.25, 0.3) is 5.91 Å². The van der Waals surface area contributed by atoms with Crippen molar-refractivity contribution in [3.63, 3.8) is 0 Å². The van der Waals surface area contributed by atoms with Gasteiger partial charge in [-0.15, -0.1) is 0 Å². The molecule has 4 rings (SSSR count). The van der Waals surface area contributed by atoms with Crippen LogP contribution >= 0.6 is 0 Å². The molecule has 1 amide bonds. The van der Waals surface area contributed by atoms with Gasteiger partial charge in [0.05, 0.1) is 24.8 Å². The van der Waals surface area contributed by atoms with Crippen LogP contribution in [0.25, 0.3) is 11.0 Å². The van der Waals surface area contributed by atoms with E-state index in [1.54, 1.807) is 19.2 Å². The summed E-state index contributed by atoms with van der Waals surface area (Å²) >= 11 is 0. The molecule has 1 atom stereocenters. The van der Waals surface area contributed by atoms with Crippen molar-refractivity contribution in [1.29, 1.82) is 0 Å². The van der Waals surface area contributed by atoms with Crippen LogP contribution in [0.5, 0.6) is 11.5 Å². The Morgan fingerprint density at radius 3 is 2.59 bits per heavy atom. The number of rotatable bonds is 13. The van der Waals surface area contributed by atoms with E-state index in [0.29, 0.717) is 30.4 Å². The summed E-state index contributed by atoms with van der Waals surface area (Å²) in [5.41, 5.74) is 4.08. The Morgan fingerprint density at radius 1 is 1.00 bits per heavy atom. The summed E-state index contributed by atoms with van der Waals surface area (Å²) in [7, 11) is 1.60. The summed E-state index contributed by atoms with van der Waals surface area (Å²) in [6.07, 6.45) is 3.60. The molecule has 0 aliphatic rings. The van der Waals surface area contributed by atoms with Gasteiger partial charge in [0.1, 0.15) is 17.3 Å². The van der Waals surface area contributed by atoms with Crippen LogP contribution in [-0.4, -0.2) is 35.7 Å². The molecule has 194 valence electrons. The zero-order valence-electron chi connectivity index (χ0n) is 22.1. The first kappa shape index (κ1) is 26.3. The minimum absolute atomic E-state index is 0.0956. The van der Waals surface area contributed by atoms with E-state index in [0.717, 1.165) is 54.8 Å². The molecule has 1 unspecified atom stereocenters. The van der Waals surface area contributed by atoms with Gasteiger partial charge in [-0.05, 0) is 73.2 Å². The molecule has 0 aliphatic heterocycles. The smallest absolute Gasteiger partial charge is 0.251 e. The van der Waals surface area contributed by atoms with Gasteiger partial charge in [-0.25, -0.2) is 4.98 Å². The van der Waals surface area contributed by atoms with Crippen molar-refractivity contribution in [2.24, 2.45) is 0 Å². The number of nitrogens with zero attached hydrogens (tertiary/aromatic N) is 2. The normalized spacial score (nSPS) is 11.9. The maximum Gasteiger partial charge on any atom is 0.251 e. The van der Waals surface area contributed by atoms with Crippen LogP contribution < -0.4 is 14.8 Å². The van der Waals surface area contributed by atoms with Crippen molar-refractivity contribution in [2.75, 3.05) is 20.3 Å². The lowest BCUT2D eigenvalue weighted by Crippen LogP contribution is -2.25. The molecular formula is C31H37N3O3. The van der Waals surface area contributed by atoms with Crippen LogP contribution in [0.15, 0.2) is 72.8 Å². The van der Waals surface area contributed by atoms with Crippen LogP contribution in [0, 0.1) is 0 Å². The number of hydrogen-bond donors (Lipinski definition) is 1. The molecule has 0 saturated heterocycles. The number of hydrogen-bond acceptors (Lipinski definition) is 4. The van der Waals surface area contributed by atoms with Crippen LogP contribution in [0.1, 0.15) is 60.8 Å². The molecule has 0 spiro atoms. The third-order valence-corrected chi connectivity index (χ3v) is 6.78. The number of ether oxygens (including phenoxy) is 2. The summed E-state index contributed by atoms with van der Waals surface area (Å²) in [4.78, 5) is 17.4. The van der Waals surface area contributed by atoms with Gasteiger partial charge in [-0.1, -0.05) is 44.2 Å². The highest BCUT2D eigenvalue weighted by Gasteiger charge is 2.11. The van der Waals surface area contributed by atoms with Gasteiger partial charge < -0.3 is 19.4 Å². The van der Waals surface area contributed by atoms with Crippen LogP contribution in [0.4, 0.5) is 0 Å². The number of amides is 1. The van der Waals surface area contributed by atoms with Gasteiger partial charge in [0, 0.05) is 25.1 Å². The number of methoxy groups -OCH3 is 1. The van der Waals surface area contributed by atoms with Gasteiger partial charge in [-0.3, -0.25) is 4.79 Å². The van der Waals surface area contributed by atoms with Crippen LogP contribution in [0.2, 0.25) is 0 Å². The zero-order valence-corrected chi connectivity index (χ0v) is 22.1. The fourth-order valence-corrected chi connectivity index (χ4v) is 4.42. The van der Waals surface area contributed by atoms with Crippen molar-refractivity contribution >= 4 is 16.9 Å². The molecule has 37 heavy (non-hydrogen) atoms. The predicted molar refractivity (Wildman–Crippen MR) is 149 cm³/mol. The molecule has 3 aromatic carbocycles. The second-order valence-corrected chi connectivity index (χ2v) is 9.34. The molecule has 4 aromatic rings. The fraction of sp³-hybridized carbons (Fsp3) is 0.355. The highest BCUT2D eigenvalue weighted by atomic mass is 16.5. The summed E-state index contributed by atoms with van der Waals surface area (Å²) in [5.74, 6) is 3.09. The number of para-hydroxylation sites is 2. The Balaban J connectivity index is 1.30. The zero-order chi connectivity index (χ0) is 26.0. The molecule has 1 N–H and O–H groups in total. The number of carbonyl (C=O) groups excluding carboxylic acids is 1. The van der Waals surface area contributed by atoms with E-state index in [2.05, 4.69) is 60.1 Å². The molecule has 6 nitrogen and oxygen atoms in total. The average molecular weight is 500 g/mol. The van der Waals surface area contributed by atoms with Crippen molar-refractivity contribution in [3.05, 3.63) is 89.7 Å². The molecule has 6 heteroatoms. The second kappa shape index (κ2) is 12.9. The third kappa shape index (κ3) is 6.91. The Labute approximate surface area is 219 Å². The molecular weight excluding hydrogens is 462 g/mol. The van der Waals surface area contributed by atoms with E-state index in [1.165, 1.54) is 5.56 Å². The number of fused-ring (bicyclic) bond motifs is 1. The van der Waals surface area contributed by atoms with Gasteiger partial charge in [0.15, 0.2) is 0 Å². The molecule has 0 fully saturated rings. The van der Waals surface area contributed by atoms with Crippen LogP contribution in [-0.2, 0) is 13.0 Å². The minimum Gasteiger partial charge on any atom is -0.497 e. The van der Waals surface area contributed by atoms with Crippen molar-refractivity contribution < 1.29 is 14.3 Å². The Hall–Kier alpha value is -3.80. The summed E-state index contributed by atoms with van der Waals surface area (Å²) in [5, 5.41) is 3.01. The highest BCUT2D eigenvalue weighted by molar-refractivity contribution is 5.94. The van der Waals surface area contributed by atoms with E-state index >= 15 is 0 Å². The molecule has 1 aromatic heterocycles.